The molecule has 4 heteroatoms. The van der Waals surface area contributed by atoms with Gasteiger partial charge in [-0.2, -0.15) is 0 Å². The minimum Gasteiger partial charge on any atom is -0.475 e. The van der Waals surface area contributed by atoms with Crippen molar-refractivity contribution in [3.8, 4) is 5.75 Å². The van der Waals surface area contributed by atoms with Gasteiger partial charge in [0.2, 0.25) is 0 Å². The summed E-state index contributed by atoms with van der Waals surface area (Å²) in [6, 6.07) is 16.5. The Morgan fingerprint density at radius 2 is 1.92 bits per heavy atom. The van der Waals surface area contributed by atoms with Crippen LogP contribution in [0.25, 0.3) is 10.9 Å². The van der Waals surface area contributed by atoms with Crippen molar-refractivity contribution in [2.24, 2.45) is 0 Å². The molecule has 1 saturated heterocycles. The Bertz CT molecular complexity index is 867. The molecule has 1 fully saturated rings. The summed E-state index contributed by atoms with van der Waals surface area (Å²) in [7, 11) is 0. The monoisotopic (exact) mass is 354 g/mol. The van der Waals surface area contributed by atoms with Crippen LogP contribution in [0.5, 0.6) is 5.75 Å². The highest BCUT2D eigenvalue weighted by molar-refractivity contribution is 6.30. The number of rotatable bonds is 5. The minimum absolute atomic E-state index is 0.133. The maximum Gasteiger partial charge on any atom is 0.149 e. The molecule has 2 aromatic carbocycles. The van der Waals surface area contributed by atoms with Crippen molar-refractivity contribution in [2.45, 2.75) is 32.5 Å². The lowest BCUT2D eigenvalue weighted by atomic mass is 10.2. The van der Waals surface area contributed by atoms with E-state index in [0.717, 1.165) is 30.4 Å². The van der Waals surface area contributed by atoms with E-state index in [2.05, 4.69) is 52.9 Å². The lowest BCUT2D eigenvalue weighted by Gasteiger charge is -2.24. The van der Waals surface area contributed by atoms with Gasteiger partial charge in [-0.15, -0.1) is 0 Å². The second-order valence-electron chi connectivity index (χ2n) is 6.75. The van der Waals surface area contributed by atoms with Crippen LogP contribution in [0.15, 0.2) is 54.7 Å². The normalized spacial score (nSPS) is 16.4. The zero-order valence-corrected chi connectivity index (χ0v) is 15.2. The second kappa shape index (κ2) is 7.11. The standard InChI is InChI=1S/C21H23ClN2O/c1-16(23-10-2-3-11-23)25-20-7-8-21-18(14-20)9-12-24(21)15-17-5-4-6-19(22)13-17/h4-9,12-14,16H,2-3,10-11,15H2,1H3. The maximum atomic E-state index is 6.15. The molecule has 1 aliphatic rings. The molecule has 0 spiro atoms. The Hall–Kier alpha value is -1.97. The number of halogens is 1. The van der Waals surface area contributed by atoms with Crippen molar-refractivity contribution in [1.82, 2.24) is 9.47 Å². The van der Waals surface area contributed by atoms with Crippen LogP contribution in [0.2, 0.25) is 5.02 Å². The molecule has 3 nitrogen and oxygen atoms in total. The molecule has 0 amide bonds. The topological polar surface area (TPSA) is 17.4 Å². The van der Waals surface area contributed by atoms with Gasteiger partial charge in [-0.1, -0.05) is 23.7 Å². The van der Waals surface area contributed by atoms with E-state index >= 15 is 0 Å². The number of hydrogen-bond acceptors (Lipinski definition) is 2. The average Bonchev–Trinajstić information content (AvgIpc) is 3.25. The number of hydrogen-bond donors (Lipinski definition) is 0. The fourth-order valence-electron chi connectivity index (χ4n) is 3.60. The lowest BCUT2D eigenvalue weighted by molar-refractivity contribution is 0.0593. The van der Waals surface area contributed by atoms with Crippen LogP contribution in [0.3, 0.4) is 0 Å². The van der Waals surface area contributed by atoms with E-state index in [9.17, 15) is 0 Å². The van der Waals surface area contributed by atoms with Gasteiger partial charge in [0.05, 0.1) is 0 Å². The first-order valence-electron chi connectivity index (χ1n) is 8.93. The quantitative estimate of drug-likeness (QED) is 0.629. The van der Waals surface area contributed by atoms with Crippen LogP contribution in [0.1, 0.15) is 25.3 Å². The highest BCUT2D eigenvalue weighted by atomic mass is 35.5. The first-order chi connectivity index (χ1) is 12.2. The van der Waals surface area contributed by atoms with E-state index in [-0.39, 0.29) is 6.23 Å². The van der Waals surface area contributed by atoms with Crippen molar-refractivity contribution in [1.29, 1.82) is 0 Å². The van der Waals surface area contributed by atoms with Gasteiger partial charge >= 0.3 is 0 Å². The Balaban J connectivity index is 1.52. The van der Waals surface area contributed by atoms with Gasteiger partial charge in [-0.05, 0) is 61.7 Å². The zero-order valence-electron chi connectivity index (χ0n) is 14.5. The summed E-state index contributed by atoms with van der Waals surface area (Å²) in [6.45, 7) is 5.23. The molecule has 2 heterocycles. The van der Waals surface area contributed by atoms with Gasteiger partial charge in [0, 0.05) is 41.8 Å². The largest absolute Gasteiger partial charge is 0.475 e. The molecule has 1 atom stereocenters. The molecule has 3 aromatic rings. The summed E-state index contributed by atoms with van der Waals surface area (Å²) in [4.78, 5) is 2.40. The first-order valence-corrected chi connectivity index (χ1v) is 9.31. The molecule has 25 heavy (non-hydrogen) atoms. The van der Waals surface area contributed by atoms with Crippen LogP contribution >= 0.6 is 11.6 Å². The molecule has 1 aliphatic heterocycles. The average molecular weight is 355 g/mol. The Labute approximate surface area is 153 Å². The predicted octanol–water partition coefficient (Wildman–Crippen LogP) is 5.16. The van der Waals surface area contributed by atoms with Crippen LogP contribution < -0.4 is 4.74 Å². The predicted molar refractivity (Wildman–Crippen MR) is 103 cm³/mol. The zero-order chi connectivity index (χ0) is 17.2. The van der Waals surface area contributed by atoms with E-state index in [1.807, 2.05) is 18.2 Å². The van der Waals surface area contributed by atoms with E-state index in [0.29, 0.717) is 0 Å². The van der Waals surface area contributed by atoms with E-state index in [1.165, 1.54) is 29.3 Å². The van der Waals surface area contributed by atoms with Crippen molar-refractivity contribution in [3.05, 3.63) is 65.3 Å². The molecule has 1 unspecified atom stereocenters. The van der Waals surface area contributed by atoms with Gasteiger partial charge in [0.25, 0.3) is 0 Å². The highest BCUT2D eigenvalue weighted by Crippen LogP contribution is 2.25. The number of likely N-dealkylation sites (tertiary alicyclic amines) is 1. The summed E-state index contributed by atoms with van der Waals surface area (Å²) in [5.41, 5.74) is 2.41. The molecule has 0 saturated carbocycles. The number of benzene rings is 2. The van der Waals surface area contributed by atoms with Gasteiger partial charge in [-0.3, -0.25) is 4.90 Å². The van der Waals surface area contributed by atoms with Crippen molar-refractivity contribution in [2.75, 3.05) is 13.1 Å². The fourth-order valence-corrected chi connectivity index (χ4v) is 3.81. The smallest absolute Gasteiger partial charge is 0.149 e. The van der Waals surface area contributed by atoms with Gasteiger partial charge in [0.15, 0.2) is 0 Å². The lowest BCUT2D eigenvalue weighted by Crippen LogP contribution is -2.34. The summed E-state index contributed by atoms with van der Waals surface area (Å²) < 4.78 is 8.39. The maximum absolute atomic E-state index is 6.15. The van der Waals surface area contributed by atoms with E-state index in [4.69, 9.17) is 16.3 Å². The van der Waals surface area contributed by atoms with E-state index in [1.54, 1.807) is 0 Å². The molecule has 0 bridgehead atoms. The molecule has 0 aliphatic carbocycles. The van der Waals surface area contributed by atoms with Gasteiger partial charge < -0.3 is 9.30 Å². The minimum atomic E-state index is 0.133. The third-order valence-corrected chi connectivity index (χ3v) is 5.18. The van der Waals surface area contributed by atoms with Crippen molar-refractivity contribution in [3.63, 3.8) is 0 Å². The highest BCUT2D eigenvalue weighted by Gasteiger charge is 2.19. The molecule has 0 radical (unpaired) electrons. The second-order valence-corrected chi connectivity index (χ2v) is 7.19. The summed E-state index contributed by atoms with van der Waals surface area (Å²) in [5.74, 6) is 0.937. The number of fused-ring (bicyclic) bond motifs is 1. The Kier molecular flexibility index (Phi) is 4.69. The summed E-state index contributed by atoms with van der Waals surface area (Å²) in [5, 5.41) is 1.98. The van der Waals surface area contributed by atoms with Crippen LogP contribution in [0, 0.1) is 0 Å². The number of nitrogens with zero attached hydrogens (tertiary/aromatic N) is 2. The van der Waals surface area contributed by atoms with E-state index < -0.39 is 0 Å². The SMILES string of the molecule is CC(Oc1ccc2c(ccn2Cc2cccc(Cl)c2)c1)N1CCCC1. The van der Waals surface area contributed by atoms with Gasteiger partial charge in [0.1, 0.15) is 12.0 Å². The Morgan fingerprint density at radius 1 is 1.08 bits per heavy atom. The number of aromatic nitrogens is 1. The summed E-state index contributed by atoms with van der Waals surface area (Å²) >= 11 is 6.10. The van der Waals surface area contributed by atoms with Crippen LogP contribution in [-0.4, -0.2) is 28.8 Å². The van der Waals surface area contributed by atoms with Gasteiger partial charge in [-0.25, -0.2) is 0 Å². The molecule has 1 aromatic heterocycles. The third kappa shape index (κ3) is 3.68. The van der Waals surface area contributed by atoms with Crippen molar-refractivity contribution < 1.29 is 4.74 Å². The molecule has 4 rings (SSSR count). The van der Waals surface area contributed by atoms with Crippen molar-refractivity contribution >= 4 is 22.5 Å². The molecule has 0 N–H and O–H groups in total. The number of ether oxygens (including phenoxy) is 1. The fraction of sp³-hybridized carbons (Fsp3) is 0.333. The summed E-state index contributed by atoms with van der Waals surface area (Å²) in [6.07, 6.45) is 4.81. The molecule has 130 valence electrons. The molecular formula is C21H23ClN2O. The first kappa shape index (κ1) is 16.5. The Morgan fingerprint density at radius 3 is 2.72 bits per heavy atom. The third-order valence-electron chi connectivity index (χ3n) is 4.95. The molecular weight excluding hydrogens is 332 g/mol. The van der Waals surface area contributed by atoms with Crippen LogP contribution in [-0.2, 0) is 6.54 Å². The van der Waals surface area contributed by atoms with Crippen LogP contribution in [0.4, 0.5) is 0 Å².